The lowest BCUT2D eigenvalue weighted by atomic mass is 10.2. The van der Waals surface area contributed by atoms with Crippen molar-refractivity contribution in [3.63, 3.8) is 0 Å². The standard InChI is InChI=1S/C8H10ClIN2/c1-5(2)8(6(3)10)12-4-7(9)11/h4H,1,3,11H2,2H3/b7-4-,12-8+. The number of allylic oxidation sites excluding steroid dienone is 2. The lowest BCUT2D eigenvalue weighted by molar-refractivity contribution is 1.42. The van der Waals surface area contributed by atoms with Crippen LogP contribution >= 0.6 is 34.2 Å². The molecular weight excluding hydrogens is 286 g/mol. The monoisotopic (exact) mass is 296 g/mol. The zero-order chi connectivity index (χ0) is 9.72. The highest BCUT2D eigenvalue weighted by Crippen LogP contribution is 2.11. The summed E-state index contributed by atoms with van der Waals surface area (Å²) >= 11 is 7.47. The number of hydrogen-bond acceptors (Lipinski definition) is 2. The maximum Gasteiger partial charge on any atom is 0.118 e. The van der Waals surface area contributed by atoms with E-state index in [-0.39, 0.29) is 5.16 Å². The zero-order valence-electron chi connectivity index (χ0n) is 6.77. The first-order valence-corrected chi connectivity index (χ1v) is 4.60. The second kappa shape index (κ2) is 5.37. The quantitative estimate of drug-likeness (QED) is 0.485. The van der Waals surface area contributed by atoms with Gasteiger partial charge in [0.2, 0.25) is 0 Å². The fraction of sp³-hybridized carbons (Fsp3) is 0.125. The summed E-state index contributed by atoms with van der Waals surface area (Å²) in [5, 5.41) is 0.145. The van der Waals surface area contributed by atoms with Gasteiger partial charge >= 0.3 is 0 Å². The van der Waals surface area contributed by atoms with Crippen LogP contribution in [0.15, 0.2) is 38.7 Å². The van der Waals surface area contributed by atoms with Crippen LogP contribution in [0.2, 0.25) is 0 Å². The number of hydrogen-bond donors (Lipinski definition) is 1. The van der Waals surface area contributed by atoms with Crippen LogP contribution in [0.25, 0.3) is 0 Å². The maximum atomic E-state index is 5.40. The van der Waals surface area contributed by atoms with Crippen LogP contribution in [0.4, 0.5) is 0 Å². The third-order valence-electron chi connectivity index (χ3n) is 0.978. The summed E-state index contributed by atoms with van der Waals surface area (Å²) < 4.78 is 0.814. The normalized spacial score (nSPS) is 12.9. The van der Waals surface area contributed by atoms with E-state index in [2.05, 4.69) is 40.7 Å². The summed E-state index contributed by atoms with van der Waals surface area (Å²) in [4.78, 5) is 4.01. The molecule has 0 aliphatic heterocycles. The van der Waals surface area contributed by atoms with Gasteiger partial charge in [0.1, 0.15) is 5.16 Å². The molecule has 2 nitrogen and oxygen atoms in total. The van der Waals surface area contributed by atoms with Gasteiger partial charge in [0.15, 0.2) is 0 Å². The van der Waals surface area contributed by atoms with E-state index in [1.165, 1.54) is 6.20 Å². The fourth-order valence-corrected chi connectivity index (χ4v) is 1.19. The summed E-state index contributed by atoms with van der Waals surface area (Å²) in [6.45, 7) is 9.33. The van der Waals surface area contributed by atoms with Gasteiger partial charge in [0.05, 0.1) is 11.9 Å². The van der Waals surface area contributed by atoms with E-state index in [0.717, 1.165) is 14.9 Å². The van der Waals surface area contributed by atoms with Gasteiger partial charge < -0.3 is 5.73 Å². The second-order valence-corrected chi connectivity index (χ2v) is 3.92. The van der Waals surface area contributed by atoms with E-state index in [4.69, 9.17) is 17.3 Å². The summed E-state index contributed by atoms with van der Waals surface area (Å²) in [5.41, 5.74) is 6.76. The molecule has 0 aliphatic rings. The number of halogens is 2. The van der Waals surface area contributed by atoms with Crippen molar-refractivity contribution >= 4 is 39.9 Å². The van der Waals surface area contributed by atoms with Gasteiger partial charge in [0.25, 0.3) is 0 Å². The number of nitrogens with two attached hydrogens (primary N) is 1. The van der Waals surface area contributed by atoms with Gasteiger partial charge in [0, 0.05) is 3.58 Å². The average Bonchev–Trinajstić information content (AvgIpc) is 1.84. The minimum Gasteiger partial charge on any atom is -0.388 e. The van der Waals surface area contributed by atoms with E-state index >= 15 is 0 Å². The second-order valence-electron chi connectivity index (χ2n) is 2.18. The molecule has 0 aromatic rings. The van der Waals surface area contributed by atoms with Crippen molar-refractivity contribution in [3.05, 3.63) is 33.7 Å². The maximum absolute atomic E-state index is 5.40. The van der Waals surface area contributed by atoms with Crippen molar-refractivity contribution in [1.82, 2.24) is 0 Å². The topological polar surface area (TPSA) is 38.4 Å². The van der Waals surface area contributed by atoms with Gasteiger partial charge in [-0.3, -0.25) is 4.99 Å². The Hall–Kier alpha value is -0.290. The van der Waals surface area contributed by atoms with Crippen LogP contribution in [0.1, 0.15) is 6.92 Å². The molecule has 4 heteroatoms. The minimum atomic E-state index is 0.145. The van der Waals surface area contributed by atoms with Crippen molar-refractivity contribution in [2.75, 3.05) is 0 Å². The van der Waals surface area contributed by atoms with Crippen LogP contribution in [0.5, 0.6) is 0 Å². The Balaban J connectivity index is 4.75. The van der Waals surface area contributed by atoms with Crippen molar-refractivity contribution in [1.29, 1.82) is 0 Å². The molecule has 2 N–H and O–H groups in total. The fourth-order valence-electron chi connectivity index (χ4n) is 0.538. The smallest absolute Gasteiger partial charge is 0.118 e. The van der Waals surface area contributed by atoms with Gasteiger partial charge in [-0.2, -0.15) is 0 Å². The number of rotatable bonds is 3. The molecular formula is C8H10ClIN2. The molecule has 0 atom stereocenters. The predicted molar refractivity (Wildman–Crippen MR) is 63.5 cm³/mol. The Morgan fingerprint density at radius 2 is 2.08 bits per heavy atom. The highest BCUT2D eigenvalue weighted by atomic mass is 127. The first-order valence-electron chi connectivity index (χ1n) is 3.14. The third kappa shape index (κ3) is 4.56. The molecule has 0 spiro atoms. The Kier molecular flexibility index (Phi) is 5.24. The van der Waals surface area contributed by atoms with E-state index in [1.54, 1.807) is 0 Å². The zero-order valence-corrected chi connectivity index (χ0v) is 9.69. The average molecular weight is 297 g/mol. The third-order valence-corrected chi connectivity index (χ3v) is 1.59. The van der Waals surface area contributed by atoms with Crippen LogP contribution < -0.4 is 5.73 Å². The summed E-state index contributed by atoms with van der Waals surface area (Å²) in [6, 6.07) is 0. The summed E-state index contributed by atoms with van der Waals surface area (Å²) in [7, 11) is 0. The molecule has 12 heavy (non-hydrogen) atoms. The number of nitrogens with zero attached hydrogens (tertiary/aromatic N) is 1. The predicted octanol–water partition coefficient (Wildman–Crippen LogP) is 2.95. The minimum absolute atomic E-state index is 0.145. The van der Waals surface area contributed by atoms with Crippen molar-refractivity contribution in [3.8, 4) is 0 Å². The molecule has 0 amide bonds. The molecule has 0 fully saturated rings. The van der Waals surface area contributed by atoms with E-state index in [1.807, 2.05) is 6.92 Å². The van der Waals surface area contributed by atoms with Gasteiger partial charge in [-0.25, -0.2) is 0 Å². The van der Waals surface area contributed by atoms with Gasteiger partial charge in [-0.05, 0) is 35.1 Å². The molecule has 0 aromatic heterocycles. The Labute approximate surface area is 91.0 Å². The Morgan fingerprint density at radius 3 is 2.33 bits per heavy atom. The highest BCUT2D eigenvalue weighted by Gasteiger charge is 2.00. The first-order chi connectivity index (χ1) is 5.45. The van der Waals surface area contributed by atoms with Gasteiger partial charge in [-0.15, -0.1) is 0 Å². The van der Waals surface area contributed by atoms with Crippen molar-refractivity contribution in [2.24, 2.45) is 10.7 Å². The van der Waals surface area contributed by atoms with Crippen LogP contribution in [0, 0.1) is 0 Å². The molecule has 0 unspecified atom stereocenters. The summed E-state index contributed by atoms with van der Waals surface area (Å²) in [6.07, 6.45) is 1.37. The molecule has 0 aliphatic carbocycles. The first kappa shape index (κ1) is 11.7. The Morgan fingerprint density at radius 1 is 1.58 bits per heavy atom. The molecule has 0 saturated carbocycles. The van der Waals surface area contributed by atoms with E-state index < -0.39 is 0 Å². The SMILES string of the molecule is C=C(C)/C(=N\C=C(/N)Cl)C(=C)I. The molecule has 0 aromatic carbocycles. The highest BCUT2D eigenvalue weighted by molar-refractivity contribution is 14.1. The van der Waals surface area contributed by atoms with Crippen molar-refractivity contribution in [2.45, 2.75) is 6.92 Å². The molecule has 0 radical (unpaired) electrons. The number of aliphatic imine (C=N–C) groups is 1. The van der Waals surface area contributed by atoms with E-state index in [9.17, 15) is 0 Å². The van der Waals surface area contributed by atoms with Crippen molar-refractivity contribution < 1.29 is 0 Å². The summed E-state index contributed by atoms with van der Waals surface area (Å²) in [5.74, 6) is 0. The van der Waals surface area contributed by atoms with Crippen LogP contribution in [0.3, 0.4) is 0 Å². The lowest BCUT2D eigenvalue weighted by Gasteiger charge is -2.00. The largest absolute Gasteiger partial charge is 0.388 e. The molecule has 0 bridgehead atoms. The van der Waals surface area contributed by atoms with Crippen LogP contribution in [-0.4, -0.2) is 5.71 Å². The van der Waals surface area contributed by atoms with Gasteiger partial charge in [-0.1, -0.05) is 24.8 Å². The van der Waals surface area contributed by atoms with Crippen LogP contribution in [-0.2, 0) is 0 Å². The Bertz CT molecular complexity index is 246. The molecule has 0 rings (SSSR count). The van der Waals surface area contributed by atoms with E-state index in [0.29, 0.717) is 0 Å². The lowest BCUT2D eigenvalue weighted by Crippen LogP contribution is -1.97. The molecule has 0 saturated heterocycles. The molecule has 0 heterocycles. The molecule has 66 valence electrons.